The Kier molecular flexibility index (Phi) is 4.45. The SMILES string of the molecule is Cc1cccc(-c2nnc(SCc3cccc(C#N)c3)n2C)c1. The summed E-state index contributed by atoms with van der Waals surface area (Å²) >= 11 is 1.62. The quantitative estimate of drug-likeness (QED) is 0.683. The van der Waals surface area contributed by atoms with Gasteiger partial charge >= 0.3 is 0 Å². The van der Waals surface area contributed by atoms with Crippen molar-refractivity contribution in [1.29, 1.82) is 5.26 Å². The van der Waals surface area contributed by atoms with Gasteiger partial charge in [-0.2, -0.15) is 5.26 Å². The summed E-state index contributed by atoms with van der Waals surface area (Å²) in [5.41, 5.74) is 4.06. The number of nitrogens with zero attached hydrogens (tertiary/aromatic N) is 4. The number of rotatable bonds is 4. The van der Waals surface area contributed by atoms with Crippen LogP contribution in [0.5, 0.6) is 0 Å². The van der Waals surface area contributed by atoms with Gasteiger partial charge in [0.05, 0.1) is 11.6 Å². The molecule has 0 aliphatic rings. The highest BCUT2D eigenvalue weighted by Gasteiger charge is 2.11. The Morgan fingerprint density at radius 1 is 1.13 bits per heavy atom. The Morgan fingerprint density at radius 2 is 1.96 bits per heavy atom. The van der Waals surface area contributed by atoms with Crippen molar-refractivity contribution in [2.24, 2.45) is 7.05 Å². The first-order valence-electron chi connectivity index (χ1n) is 7.25. The maximum Gasteiger partial charge on any atom is 0.191 e. The first kappa shape index (κ1) is 15.3. The van der Waals surface area contributed by atoms with E-state index in [4.69, 9.17) is 5.26 Å². The Hall–Kier alpha value is -2.58. The second-order valence-electron chi connectivity index (χ2n) is 5.34. The van der Waals surface area contributed by atoms with Gasteiger partial charge in [0.2, 0.25) is 0 Å². The van der Waals surface area contributed by atoms with Crippen molar-refractivity contribution < 1.29 is 0 Å². The molecule has 0 saturated carbocycles. The fraction of sp³-hybridized carbons (Fsp3) is 0.167. The fourth-order valence-electron chi connectivity index (χ4n) is 2.35. The summed E-state index contributed by atoms with van der Waals surface area (Å²) in [7, 11) is 1.98. The number of aryl methyl sites for hydroxylation is 1. The van der Waals surface area contributed by atoms with Crippen LogP contribution in [0.25, 0.3) is 11.4 Å². The molecular weight excluding hydrogens is 304 g/mol. The molecule has 0 N–H and O–H groups in total. The third-order valence-corrected chi connectivity index (χ3v) is 4.63. The van der Waals surface area contributed by atoms with Gasteiger partial charge in [0.25, 0.3) is 0 Å². The first-order chi connectivity index (χ1) is 11.2. The Labute approximate surface area is 139 Å². The van der Waals surface area contributed by atoms with Crippen molar-refractivity contribution in [3.05, 3.63) is 65.2 Å². The molecule has 0 saturated heterocycles. The zero-order chi connectivity index (χ0) is 16.2. The van der Waals surface area contributed by atoms with Crippen LogP contribution >= 0.6 is 11.8 Å². The van der Waals surface area contributed by atoms with Gasteiger partial charge in [0.1, 0.15) is 0 Å². The smallest absolute Gasteiger partial charge is 0.191 e. The Bertz CT molecular complexity index is 877. The normalized spacial score (nSPS) is 10.5. The van der Waals surface area contributed by atoms with Crippen molar-refractivity contribution >= 4 is 11.8 Å². The molecule has 0 amide bonds. The lowest BCUT2D eigenvalue weighted by Gasteiger charge is -2.05. The molecule has 4 nitrogen and oxygen atoms in total. The van der Waals surface area contributed by atoms with Crippen LogP contribution in [0, 0.1) is 18.3 Å². The highest BCUT2D eigenvalue weighted by Crippen LogP contribution is 2.25. The molecule has 0 unspecified atom stereocenters. The van der Waals surface area contributed by atoms with Crippen LogP contribution in [0.1, 0.15) is 16.7 Å². The van der Waals surface area contributed by atoms with E-state index in [9.17, 15) is 0 Å². The molecule has 1 heterocycles. The van der Waals surface area contributed by atoms with E-state index in [2.05, 4.69) is 35.3 Å². The summed E-state index contributed by atoms with van der Waals surface area (Å²) in [5.74, 6) is 1.62. The van der Waals surface area contributed by atoms with E-state index in [1.807, 2.05) is 48.0 Å². The van der Waals surface area contributed by atoms with E-state index >= 15 is 0 Å². The lowest BCUT2D eigenvalue weighted by Crippen LogP contribution is -1.95. The number of hydrogen-bond donors (Lipinski definition) is 0. The minimum atomic E-state index is 0.682. The molecule has 0 atom stereocenters. The summed E-state index contributed by atoms with van der Waals surface area (Å²) in [6, 6.07) is 18.1. The lowest BCUT2D eigenvalue weighted by molar-refractivity contribution is 0.793. The summed E-state index contributed by atoms with van der Waals surface area (Å²) in [5, 5.41) is 18.4. The molecule has 0 aliphatic carbocycles. The third kappa shape index (κ3) is 3.43. The van der Waals surface area contributed by atoms with Crippen molar-refractivity contribution in [3.8, 4) is 17.5 Å². The Morgan fingerprint density at radius 3 is 2.74 bits per heavy atom. The van der Waals surface area contributed by atoms with Gasteiger partial charge in [-0.25, -0.2) is 0 Å². The van der Waals surface area contributed by atoms with Gasteiger partial charge in [-0.05, 0) is 30.7 Å². The van der Waals surface area contributed by atoms with Crippen LogP contribution in [0.2, 0.25) is 0 Å². The van der Waals surface area contributed by atoms with E-state index in [0.717, 1.165) is 27.9 Å². The van der Waals surface area contributed by atoms with Crippen LogP contribution in [0.3, 0.4) is 0 Å². The predicted molar refractivity (Wildman–Crippen MR) is 91.9 cm³/mol. The maximum absolute atomic E-state index is 8.96. The molecular formula is C18H16N4S. The molecule has 2 aromatic carbocycles. The van der Waals surface area contributed by atoms with E-state index in [-0.39, 0.29) is 0 Å². The molecule has 0 bridgehead atoms. The molecule has 0 fully saturated rings. The monoisotopic (exact) mass is 320 g/mol. The average Bonchev–Trinajstić information content (AvgIpc) is 2.94. The molecule has 5 heteroatoms. The van der Waals surface area contributed by atoms with E-state index in [1.165, 1.54) is 5.56 Å². The topological polar surface area (TPSA) is 54.5 Å². The molecule has 23 heavy (non-hydrogen) atoms. The van der Waals surface area contributed by atoms with Crippen molar-refractivity contribution in [2.45, 2.75) is 17.8 Å². The lowest BCUT2D eigenvalue weighted by atomic mass is 10.1. The first-order valence-corrected chi connectivity index (χ1v) is 8.24. The standard InChI is InChI=1S/C18H16N4S/c1-13-5-3-8-16(9-13)17-20-21-18(22(17)2)23-12-15-7-4-6-14(10-15)11-19/h3-10H,12H2,1-2H3. The molecule has 0 spiro atoms. The van der Waals surface area contributed by atoms with Crippen LogP contribution in [0.4, 0.5) is 0 Å². The summed E-state index contributed by atoms with van der Waals surface area (Å²) in [6.45, 7) is 2.07. The van der Waals surface area contributed by atoms with Gasteiger partial charge in [0.15, 0.2) is 11.0 Å². The summed E-state index contributed by atoms with van der Waals surface area (Å²) in [4.78, 5) is 0. The number of aromatic nitrogens is 3. The molecule has 114 valence electrons. The van der Waals surface area contributed by atoms with Gasteiger partial charge in [0, 0.05) is 18.4 Å². The zero-order valence-corrected chi connectivity index (χ0v) is 13.8. The number of benzene rings is 2. The van der Waals surface area contributed by atoms with Crippen LogP contribution in [-0.4, -0.2) is 14.8 Å². The minimum Gasteiger partial charge on any atom is -0.305 e. The average molecular weight is 320 g/mol. The molecule has 0 aliphatic heterocycles. The van der Waals surface area contributed by atoms with Gasteiger partial charge in [-0.15, -0.1) is 10.2 Å². The second kappa shape index (κ2) is 6.67. The molecule has 3 rings (SSSR count). The number of hydrogen-bond acceptors (Lipinski definition) is 4. The number of nitriles is 1. The van der Waals surface area contributed by atoms with Crippen molar-refractivity contribution in [1.82, 2.24) is 14.8 Å². The van der Waals surface area contributed by atoms with Crippen LogP contribution < -0.4 is 0 Å². The van der Waals surface area contributed by atoms with Crippen LogP contribution in [-0.2, 0) is 12.8 Å². The van der Waals surface area contributed by atoms with Gasteiger partial charge in [-0.1, -0.05) is 47.7 Å². The predicted octanol–water partition coefficient (Wildman–Crippen LogP) is 3.95. The van der Waals surface area contributed by atoms with Gasteiger partial charge < -0.3 is 4.57 Å². The van der Waals surface area contributed by atoms with Crippen molar-refractivity contribution in [3.63, 3.8) is 0 Å². The molecule has 3 aromatic rings. The van der Waals surface area contributed by atoms with E-state index < -0.39 is 0 Å². The largest absolute Gasteiger partial charge is 0.305 e. The van der Waals surface area contributed by atoms with Gasteiger partial charge in [-0.3, -0.25) is 0 Å². The van der Waals surface area contributed by atoms with Crippen molar-refractivity contribution in [2.75, 3.05) is 0 Å². The fourth-order valence-corrected chi connectivity index (χ4v) is 3.21. The molecule has 0 radical (unpaired) electrons. The molecule has 1 aromatic heterocycles. The number of thioether (sulfide) groups is 1. The van der Waals surface area contributed by atoms with E-state index in [0.29, 0.717) is 5.56 Å². The summed E-state index contributed by atoms with van der Waals surface area (Å²) < 4.78 is 2.01. The highest BCUT2D eigenvalue weighted by molar-refractivity contribution is 7.98. The third-order valence-electron chi connectivity index (χ3n) is 3.54. The minimum absolute atomic E-state index is 0.682. The zero-order valence-electron chi connectivity index (χ0n) is 13.0. The van der Waals surface area contributed by atoms with E-state index in [1.54, 1.807) is 11.8 Å². The highest BCUT2D eigenvalue weighted by atomic mass is 32.2. The Balaban J connectivity index is 1.78. The van der Waals surface area contributed by atoms with Crippen LogP contribution in [0.15, 0.2) is 53.7 Å². The summed E-state index contributed by atoms with van der Waals surface area (Å²) in [6.07, 6.45) is 0. The second-order valence-corrected chi connectivity index (χ2v) is 6.28. The maximum atomic E-state index is 8.96.